The predicted octanol–water partition coefficient (Wildman–Crippen LogP) is 1.32. The second-order valence-corrected chi connectivity index (χ2v) is 2.10. The Balaban J connectivity index is 3.04. The molecular formula is C7H9FN2. The molecule has 0 aliphatic heterocycles. The average Bonchev–Trinajstić information content (AvgIpc) is 1.95. The zero-order chi connectivity index (χ0) is 7.56. The largest absolute Gasteiger partial charge is 0.397 e. The third kappa shape index (κ3) is 1.18. The van der Waals surface area contributed by atoms with E-state index in [1.165, 1.54) is 6.07 Å². The van der Waals surface area contributed by atoms with Crippen LogP contribution in [0.1, 0.15) is 5.56 Å². The normalized spacial score (nSPS) is 9.70. The highest BCUT2D eigenvalue weighted by Gasteiger charge is 1.94. The Labute approximate surface area is 58.6 Å². The predicted molar refractivity (Wildman–Crippen MR) is 40.1 cm³/mol. The molecule has 0 atom stereocenters. The van der Waals surface area contributed by atoms with Gasteiger partial charge in [-0.2, -0.15) is 0 Å². The lowest BCUT2D eigenvalue weighted by atomic mass is 10.2. The molecule has 0 fully saturated rings. The molecule has 0 saturated heterocycles. The zero-order valence-corrected chi connectivity index (χ0v) is 5.47. The van der Waals surface area contributed by atoms with Gasteiger partial charge in [-0.25, -0.2) is 4.39 Å². The van der Waals surface area contributed by atoms with Gasteiger partial charge in [-0.15, -0.1) is 0 Å². The van der Waals surface area contributed by atoms with E-state index in [2.05, 4.69) is 0 Å². The van der Waals surface area contributed by atoms with E-state index in [4.69, 9.17) is 11.5 Å². The minimum absolute atomic E-state index is 0.440. The fourth-order valence-corrected chi connectivity index (χ4v) is 0.707. The van der Waals surface area contributed by atoms with E-state index in [-0.39, 0.29) is 0 Å². The molecule has 3 heteroatoms. The maximum atomic E-state index is 11.9. The van der Waals surface area contributed by atoms with Gasteiger partial charge in [-0.3, -0.25) is 0 Å². The zero-order valence-electron chi connectivity index (χ0n) is 5.47. The van der Waals surface area contributed by atoms with Crippen LogP contribution in [0.4, 0.5) is 15.8 Å². The smallest absolute Gasteiger partial charge is 0.115 e. The number of benzene rings is 1. The monoisotopic (exact) mass is 140 g/mol. The molecule has 0 unspecified atom stereocenters. The van der Waals surface area contributed by atoms with Gasteiger partial charge in [0.25, 0.3) is 0 Å². The molecule has 1 rings (SSSR count). The summed E-state index contributed by atoms with van der Waals surface area (Å²) in [4.78, 5) is 0. The van der Waals surface area contributed by atoms with E-state index in [9.17, 15) is 4.39 Å². The SMILES string of the molecule is Nc1ccc(CF)cc1N. The summed E-state index contributed by atoms with van der Waals surface area (Å²) in [6.07, 6.45) is 0. The number of hydrogen-bond donors (Lipinski definition) is 2. The van der Waals surface area contributed by atoms with Crippen LogP contribution >= 0.6 is 0 Å². The molecule has 0 aliphatic rings. The molecule has 0 aliphatic carbocycles. The molecule has 1 aromatic rings. The minimum Gasteiger partial charge on any atom is -0.397 e. The number of hydrogen-bond acceptors (Lipinski definition) is 2. The summed E-state index contributed by atoms with van der Waals surface area (Å²) in [5.41, 5.74) is 12.3. The van der Waals surface area contributed by atoms with Gasteiger partial charge in [0.05, 0.1) is 11.4 Å². The molecule has 54 valence electrons. The topological polar surface area (TPSA) is 52.0 Å². The van der Waals surface area contributed by atoms with Crippen molar-refractivity contribution in [2.45, 2.75) is 6.67 Å². The highest BCUT2D eigenvalue weighted by Crippen LogP contribution is 2.16. The molecular weight excluding hydrogens is 131 g/mol. The van der Waals surface area contributed by atoms with Crippen LogP contribution in [0.25, 0.3) is 0 Å². The summed E-state index contributed by atoms with van der Waals surface area (Å²) >= 11 is 0. The number of rotatable bonds is 1. The lowest BCUT2D eigenvalue weighted by Gasteiger charge is -1.99. The first-order valence-electron chi connectivity index (χ1n) is 2.94. The molecule has 2 nitrogen and oxygen atoms in total. The summed E-state index contributed by atoms with van der Waals surface area (Å²) < 4.78 is 11.9. The van der Waals surface area contributed by atoms with Gasteiger partial charge in [-0.1, -0.05) is 6.07 Å². The van der Waals surface area contributed by atoms with E-state index in [1.54, 1.807) is 12.1 Å². The van der Waals surface area contributed by atoms with Crippen molar-refractivity contribution in [2.24, 2.45) is 0 Å². The third-order valence-corrected chi connectivity index (χ3v) is 1.31. The van der Waals surface area contributed by atoms with Crippen LogP contribution in [0.5, 0.6) is 0 Å². The third-order valence-electron chi connectivity index (χ3n) is 1.31. The van der Waals surface area contributed by atoms with E-state index in [1.807, 2.05) is 0 Å². The maximum absolute atomic E-state index is 11.9. The molecule has 0 spiro atoms. The van der Waals surface area contributed by atoms with Crippen LogP contribution in [-0.4, -0.2) is 0 Å². The average molecular weight is 140 g/mol. The lowest BCUT2D eigenvalue weighted by molar-refractivity contribution is 0.485. The summed E-state index contributed by atoms with van der Waals surface area (Å²) in [6, 6.07) is 4.76. The quantitative estimate of drug-likeness (QED) is 0.578. The number of alkyl halides is 1. The maximum Gasteiger partial charge on any atom is 0.115 e. The van der Waals surface area contributed by atoms with E-state index >= 15 is 0 Å². The second-order valence-electron chi connectivity index (χ2n) is 2.10. The van der Waals surface area contributed by atoms with Crippen LogP contribution in [0.15, 0.2) is 18.2 Å². The first-order valence-corrected chi connectivity index (χ1v) is 2.94. The van der Waals surface area contributed by atoms with Crippen LogP contribution in [0.3, 0.4) is 0 Å². The highest BCUT2D eigenvalue weighted by molar-refractivity contribution is 5.63. The van der Waals surface area contributed by atoms with Crippen LogP contribution < -0.4 is 11.5 Å². The Morgan fingerprint density at radius 2 is 1.90 bits per heavy atom. The molecule has 0 amide bonds. The van der Waals surface area contributed by atoms with E-state index < -0.39 is 6.67 Å². The van der Waals surface area contributed by atoms with Gasteiger partial charge in [0.2, 0.25) is 0 Å². The molecule has 4 N–H and O–H groups in total. The first-order chi connectivity index (χ1) is 4.74. The van der Waals surface area contributed by atoms with Crippen molar-refractivity contribution in [3.63, 3.8) is 0 Å². The van der Waals surface area contributed by atoms with Crippen molar-refractivity contribution in [1.29, 1.82) is 0 Å². The molecule has 1 aromatic carbocycles. The van der Waals surface area contributed by atoms with E-state index in [0.29, 0.717) is 16.9 Å². The number of nitrogen functional groups attached to an aromatic ring is 2. The highest BCUT2D eigenvalue weighted by atomic mass is 19.1. The van der Waals surface area contributed by atoms with Gasteiger partial charge in [0.15, 0.2) is 0 Å². The van der Waals surface area contributed by atoms with Crippen LogP contribution in [0, 0.1) is 0 Å². The van der Waals surface area contributed by atoms with E-state index in [0.717, 1.165) is 0 Å². The van der Waals surface area contributed by atoms with Crippen LogP contribution in [0.2, 0.25) is 0 Å². The van der Waals surface area contributed by atoms with Gasteiger partial charge in [-0.05, 0) is 17.7 Å². The van der Waals surface area contributed by atoms with Crippen LogP contribution in [-0.2, 0) is 6.67 Å². The van der Waals surface area contributed by atoms with Gasteiger partial charge in [0.1, 0.15) is 6.67 Å². The van der Waals surface area contributed by atoms with Gasteiger partial charge >= 0.3 is 0 Å². The van der Waals surface area contributed by atoms with Crippen molar-refractivity contribution in [1.82, 2.24) is 0 Å². The number of halogens is 1. The molecule has 0 radical (unpaired) electrons. The number of anilines is 2. The molecule has 0 aromatic heterocycles. The molecule has 10 heavy (non-hydrogen) atoms. The van der Waals surface area contributed by atoms with Crippen molar-refractivity contribution >= 4 is 11.4 Å². The Morgan fingerprint density at radius 3 is 2.40 bits per heavy atom. The molecule has 0 heterocycles. The number of nitrogens with two attached hydrogens (primary N) is 2. The Hall–Kier alpha value is -1.25. The molecule has 0 saturated carbocycles. The fourth-order valence-electron chi connectivity index (χ4n) is 0.707. The van der Waals surface area contributed by atoms with Crippen molar-refractivity contribution in [3.05, 3.63) is 23.8 Å². The van der Waals surface area contributed by atoms with Gasteiger partial charge < -0.3 is 11.5 Å². The summed E-state index contributed by atoms with van der Waals surface area (Å²) in [5.74, 6) is 0. The summed E-state index contributed by atoms with van der Waals surface area (Å²) in [6.45, 7) is -0.496. The van der Waals surface area contributed by atoms with Gasteiger partial charge in [0, 0.05) is 0 Å². The van der Waals surface area contributed by atoms with Crippen molar-refractivity contribution < 1.29 is 4.39 Å². The summed E-state index contributed by atoms with van der Waals surface area (Å²) in [5, 5.41) is 0. The Bertz CT molecular complexity index is 235. The van der Waals surface area contributed by atoms with Crippen molar-refractivity contribution in [2.75, 3.05) is 11.5 Å². The van der Waals surface area contributed by atoms with Crippen molar-refractivity contribution in [3.8, 4) is 0 Å². The minimum atomic E-state index is -0.496. The lowest BCUT2D eigenvalue weighted by Crippen LogP contribution is -1.94. The summed E-state index contributed by atoms with van der Waals surface area (Å²) in [7, 11) is 0. The fraction of sp³-hybridized carbons (Fsp3) is 0.143. The standard InChI is InChI=1S/C7H9FN2/c8-4-5-1-2-6(9)7(10)3-5/h1-3H,4,9-10H2. The Morgan fingerprint density at radius 1 is 1.20 bits per heavy atom. The molecule has 0 bridgehead atoms. The second kappa shape index (κ2) is 2.56. The first kappa shape index (κ1) is 6.86. The Kier molecular flexibility index (Phi) is 1.76.